The van der Waals surface area contributed by atoms with Crippen molar-refractivity contribution in [1.82, 2.24) is 0 Å². The Bertz CT molecular complexity index is 543. The molecule has 1 aromatic carbocycles. The van der Waals surface area contributed by atoms with E-state index in [1.165, 1.54) is 12.1 Å². The number of carbonyl (C=O) groups excluding carboxylic acids is 1. The summed E-state index contributed by atoms with van der Waals surface area (Å²) in [6.07, 6.45) is 0.718. The van der Waals surface area contributed by atoms with Crippen molar-refractivity contribution in [1.29, 1.82) is 0 Å². The van der Waals surface area contributed by atoms with Crippen LogP contribution in [0.15, 0.2) is 50.6 Å². The summed E-state index contributed by atoms with van der Waals surface area (Å²) in [4.78, 5) is 20.0. The normalized spacial score (nSPS) is 13.7. The first-order chi connectivity index (χ1) is 12.4. The van der Waals surface area contributed by atoms with Crippen LogP contribution in [0.4, 0.5) is 0 Å². The van der Waals surface area contributed by atoms with Crippen molar-refractivity contribution in [2.45, 2.75) is 24.9 Å². The van der Waals surface area contributed by atoms with Crippen LogP contribution in [0.5, 0.6) is 5.75 Å². The summed E-state index contributed by atoms with van der Waals surface area (Å²) in [5, 5.41) is 8.88. The summed E-state index contributed by atoms with van der Waals surface area (Å²) in [7, 11) is 1.28. The Balaban J connectivity index is -0.00000108. The zero-order valence-corrected chi connectivity index (χ0v) is 19.1. The van der Waals surface area contributed by atoms with E-state index in [2.05, 4.69) is 26.3 Å². The van der Waals surface area contributed by atoms with Crippen LogP contribution in [0.25, 0.3) is 0 Å². The SMILES string of the molecule is C=C.C=C.[B]C[C@@H](CO)OCP(=O)(O)Oc1ccc(C[C@H](N)[C-]=O)cc1.[Y]. The van der Waals surface area contributed by atoms with Crippen LogP contribution in [0, 0.1) is 0 Å². The molecule has 4 N–H and O–H groups in total. The molecule has 0 aliphatic carbocycles. The van der Waals surface area contributed by atoms with Gasteiger partial charge in [0.15, 0.2) is 6.35 Å². The summed E-state index contributed by atoms with van der Waals surface area (Å²) in [6, 6.07) is 5.52. The number of nitrogens with two attached hydrogens (primary N) is 1. The van der Waals surface area contributed by atoms with Gasteiger partial charge in [-0.25, -0.2) is 10.9 Å². The number of rotatable bonds is 10. The second-order valence-electron chi connectivity index (χ2n) is 4.64. The zero-order chi connectivity index (χ0) is 20.6. The van der Waals surface area contributed by atoms with Gasteiger partial charge in [-0.15, -0.1) is 26.3 Å². The van der Waals surface area contributed by atoms with Gasteiger partial charge in [-0.1, -0.05) is 24.5 Å². The minimum Gasteiger partial charge on any atom is -0.540 e. The van der Waals surface area contributed by atoms with Crippen molar-refractivity contribution >= 4 is 21.7 Å². The fourth-order valence-electron chi connectivity index (χ4n) is 1.57. The molecule has 0 fully saturated rings. The number of hydrogen-bond acceptors (Lipinski definition) is 6. The Kier molecular flexibility index (Phi) is 21.6. The van der Waals surface area contributed by atoms with Gasteiger partial charge >= 0.3 is 7.60 Å². The number of hydrogen-bond donors (Lipinski definition) is 3. The molecule has 0 aliphatic heterocycles. The third-order valence-corrected chi connectivity index (χ3v) is 3.69. The zero-order valence-electron chi connectivity index (χ0n) is 15.3. The van der Waals surface area contributed by atoms with Gasteiger partial charge in [0.1, 0.15) is 5.75 Å². The van der Waals surface area contributed by atoms with Crippen molar-refractivity contribution in [2.75, 3.05) is 13.0 Å². The van der Waals surface area contributed by atoms with E-state index in [1.54, 1.807) is 18.4 Å². The maximum Gasteiger partial charge on any atom is 0.402 e. The fraction of sp³-hybridized carbons (Fsp3) is 0.353. The number of aliphatic hydroxyl groups is 1. The van der Waals surface area contributed by atoms with Crippen LogP contribution in [-0.2, 0) is 53.2 Å². The van der Waals surface area contributed by atoms with Crippen molar-refractivity contribution in [2.24, 2.45) is 5.73 Å². The quantitative estimate of drug-likeness (QED) is 0.206. The van der Waals surface area contributed by atoms with Crippen LogP contribution in [-0.4, -0.2) is 49.2 Å². The van der Waals surface area contributed by atoms with Gasteiger partial charge in [0, 0.05) is 32.7 Å². The molecule has 0 saturated carbocycles. The minimum atomic E-state index is -4.02. The molecule has 0 aromatic heterocycles. The average Bonchev–Trinajstić information content (AvgIpc) is 2.67. The summed E-state index contributed by atoms with van der Waals surface area (Å²) >= 11 is 0. The molecule has 0 saturated heterocycles. The summed E-state index contributed by atoms with van der Waals surface area (Å²) in [5.41, 5.74) is 6.23. The second-order valence-corrected chi connectivity index (χ2v) is 6.35. The molecule has 1 aromatic rings. The fourth-order valence-corrected chi connectivity index (χ4v) is 2.47. The molecular formula is C17H26BNO6PY-. The van der Waals surface area contributed by atoms with Gasteiger partial charge in [0.25, 0.3) is 0 Å². The van der Waals surface area contributed by atoms with Crippen LogP contribution in [0.1, 0.15) is 5.56 Å². The molecule has 0 heterocycles. The molecule has 0 bridgehead atoms. The van der Waals surface area contributed by atoms with E-state index in [0.717, 1.165) is 5.56 Å². The standard InChI is InChI=1S/C13H18BNO6P.2C2H4.Y/c14-6-13(8-17)20-9-22(18,19)21-12-3-1-10(2-4-12)5-11(15)7-16;2*1-2;/h1-4,11,13,17H,5-6,8-9,15H2,(H,18,19);2*1-2H2;/q-1;;;/t11-,13-;;;/m0.../s1. The van der Waals surface area contributed by atoms with E-state index in [-0.39, 0.29) is 51.4 Å². The third-order valence-electron chi connectivity index (χ3n) is 2.72. The van der Waals surface area contributed by atoms with E-state index >= 15 is 0 Å². The first kappa shape index (κ1) is 31.1. The molecular weight excluding hydrogens is 445 g/mol. The minimum absolute atomic E-state index is 0. The van der Waals surface area contributed by atoms with Crippen LogP contribution < -0.4 is 10.3 Å². The molecule has 1 unspecified atom stereocenters. The monoisotopic (exact) mass is 471 g/mol. The molecule has 1 rings (SSSR count). The Morgan fingerprint density at radius 2 is 1.74 bits per heavy atom. The van der Waals surface area contributed by atoms with Crippen molar-refractivity contribution in [3.63, 3.8) is 0 Å². The number of benzene rings is 1. The van der Waals surface area contributed by atoms with Crippen molar-refractivity contribution < 1.29 is 61.3 Å². The van der Waals surface area contributed by atoms with E-state index in [4.69, 9.17) is 27.9 Å². The molecule has 0 aliphatic rings. The molecule has 3 atom stereocenters. The summed E-state index contributed by atoms with van der Waals surface area (Å²) in [5.74, 6) is 0.176. The van der Waals surface area contributed by atoms with E-state index in [9.17, 15) is 14.3 Å². The number of aliphatic hydroxyl groups excluding tert-OH is 1. The maximum atomic E-state index is 11.8. The Hall–Kier alpha value is -0.591. The molecule has 10 heteroatoms. The smallest absolute Gasteiger partial charge is 0.402 e. The van der Waals surface area contributed by atoms with Crippen LogP contribution in [0.3, 0.4) is 0 Å². The van der Waals surface area contributed by atoms with Crippen molar-refractivity contribution in [3.8, 4) is 5.75 Å². The van der Waals surface area contributed by atoms with Gasteiger partial charge < -0.3 is 29.8 Å². The largest absolute Gasteiger partial charge is 0.540 e. The van der Waals surface area contributed by atoms with Crippen LogP contribution >= 0.6 is 7.60 Å². The van der Waals surface area contributed by atoms with Gasteiger partial charge in [-0.05, 0) is 24.1 Å². The molecule has 147 valence electrons. The molecule has 27 heavy (non-hydrogen) atoms. The van der Waals surface area contributed by atoms with E-state index in [1.807, 2.05) is 0 Å². The van der Waals surface area contributed by atoms with Crippen molar-refractivity contribution in [3.05, 3.63) is 56.1 Å². The first-order valence-electron chi connectivity index (χ1n) is 7.56. The number of ether oxygens (including phenoxy) is 1. The predicted octanol–water partition coefficient (Wildman–Crippen LogP) is 1.75. The molecule has 0 spiro atoms. The van der Waals surface area contributed by atoms with Gasteiger partial charge in [-0.2, -0.15) is 0 Å². The summed E-state index contributed by atoms with van der Waals surface area (Å²) < 4.78 is 21.8. The van der Waals surface area contributed by atoms with E-state index < -0.39 is 26.1 Å². The predicted molar refractivity (Wildman–Crippen MR) is 104 cm³/mol. The van der Waals surface area contributed by atoms with Gasteiger partial charge in [0.2, 0.25) is 0 Å². The Morgan fingerprint density at radius 3 is 2.15 bits per heavy atom. The second kappa shape index (κ2) is 18.8. The average molecular weight is 471 g/mol. The van der Waals surface area contributed by atoms with Gasteiger partial charge in [-0.3, -0.25) is 0 Å². The molecule has 3 radical (unpaired) electrons. The Morgan fingerprint density at radius 1 is 1.22 bits per heavy atom. The Labute approximate surface area is 187 Å². The molecule has 0 amide bonds. The summed E-state index contributed by atoms with van der Waals surface area (Å²) in [6.45, 7) is 11.7. The van der Waals surface area contributed by atoms with Gasteiger partial charge in [0.05, 0.1) is 20.6 Å². The van der Waals surface area contributed by atoms with Crippen LogP contribution in [0.2, 0.25) is 6.32 Å². The third kappa shape index (κ3) is 15.1. The molecule has 7 nitrogen and oxygen atoms in total. The van der Waals surface area contributed by atoms with E-state index in [0.29, 0.717) is 6.42 Å². The first-order valence-corrected chi connectivity index (χ1v) is 9.32. The topological polar surface area (TPSA) is 119 Å². The maximum absolute atomic E-state index is 11.8.